The Morgan fingerprint density at radius 3 is 2.81 bits per heavy atom. The van der Waals surface area contributed by atoms with Gasteiger partial charge in [0.25, 0.3) is 5.56 Å². The molecule has 0 radical (unpaired) electrons. The minimum Gasteiger partial charge on any atom is -0.484 e. The first kappa shape index (κ1) is 13.0. The minimum absolute atomic E-state index is 0.113. The van der Waals surface area contributed by atoms with Gasteiger partial charge in [0.15, 0.2) is 6.29 Å². The number of para-hydroxylation sites is 1. The third kappa shape index (κ3) is 2.79. The molecule has 0 saturated heterocycles. The molecule has 0 bridgehead atoms. The molecule has 6 nitrogen and oxygen atoms in total. The van der Waals surface area contributed by atoms with Crippen molar-refractivity contribution in [1.29, 1.82) is 0 Å². The number of pyridine rings is 1. The second-order valence-corrected chi connectivity index (χ2v) is 4.36. The smallest absolute Gasteiger partial charge is 0.258 e. The summed E-state index contributed by atoms with van der Waals surface area (Å²) < 4.78 is 5.48. The molecule has 0 aliphatic heterocycles. The quantitative estimate of drug-likeness (QED) is 0.736. The molecule has 21 heavy (non-hydrogen) atoms. The van der Waals surface area contributed by atoms with Crippen molar-refractivity contribution in [3.8, 4) is 5.75 Å². The number of aromatic nitrogens is 3. The average Bonchev–Trinajstić information content (AvgIpc) is 2.53. The molecule has 1 aromatic carbocycles. The monoisotopic (exact) mass is 281 g/mol. The van der Waals surface area contributed by atoms with Crippen LogP contribution in [0.25, 0.3) is 10.9 Å². The maximum Gasteiger partial charge on any atom is 0.258 e. The average molecular weight is 281 g/mol. The van der Waals surface area contributed by atoms with Crippen LogP contribution in [0, 0.1) is 0 Å². The number of aldehydes is 1. The van der Waals surface area contributed by atoms with Crippen molar-refractivity contribution in [3.05, 3.63) is 64.5 Å². The van der Waals surface area contributed by atoms with Crippen molar-refractivity contribution in [2.24, 2.45) is 0 Å². The van der Waals surface area contributed by atoms with E-state index >= 15 is 0 Å². The van der Waals surface area contributed by atoms with Gasteiger partial charge in [-0.2, -0.15) is 0 Å². The molecule has 1 N–H and O–H groups in total. The van der Waals surface area contributed by atoms with Crippen LogP contribution in [-0.2, 0) is 6.61 Å². The van der Waals surface area contributed by atoms with Crippen LogP contribution in [0.2, 0.25) is 0 Å². The lowest BCUT2D eigenvalue weighted by Crippen LogP contribution is -2.13. The highest BCUT2D eigenvalue weighted by Gasteiger charge is 2.04. The number of aromatic amines is 1. The fraction of sp³-hybridized carbons (Fsp3) is 0.0667. The molecule has 0 spiro atoms. The van der Waals surface area contributed by atoms with Gasteiger partial charge in [-0.3, -0.25) is 9.59 Å². The van der Waals surface area contributed by atoms with Crippen LogP contribution in [0.1, 0.15) is 16.3 Å². The number of nitrogens with one attached hydrogen (secondary N) is 1. The van der Waals surface area contributed by atoms with Gasteiger partial charge >= 0.3 is 0 Å². The Labute approximate surface area is 119 Å². The van der Waals surface area contributed by atoms with E-state index in [4.69, 9.17) is 4.74 Å². The molecule has 2 heterocycles. The number of hydrogen-bond acceptors (Lipinski definition) is 5. The number of carbonyl (C=O) groups excluding carboxylic acids is 1. The molecule has 0 aliphatic rings. The van der Waals surface area contributed by atoms with E-state index in [1.807, 2.05) is 6.07 Å². The topological polar surface area (TPSA) is 84.9 Å². The van der Waals surface area contributed by atoms with E-state index in [9.17, 15) is 9.59 Å². The summed E-state index contributed by atoms with van der Waals surface area (Å²) in [5.41, 5.74) is 0.752. The van der Waals surface area contributed by atoms with E-state index in [-0.39, 0.29) is 12.2 Å². The van der Waals surface area contributed by atoms with Gasteiger partial charge in [-0.15, -0.1) is 0 Å². The first-order valence-electron chi connectivity index (χ1n) is 6.28. The molecule has 6 heteroatoms. The van der Waals surface area contributed by atoms with Crippen LogP contribution in [0.15, 0.2) is 47.4 Å². The molecular weight excluding hydrogens is 270 g/mol. The van der Waals surface area contributed by atoms with E-state index in [0.717, 1.165) is 0 Å². The highest BCUT2D eigenvalue weighted by molar-refractivity contribution is 5.77. The van der Waals surface area contributed by atoms with Crippen LogP contribution >= 0.6 is 0 Å². The number of benzene rings is 1. The van der Waals surface area contributed by atoms with Crippen LogP contribution in [-0.4, -0.2) is 21.2 Å². The molecule has 0 fully saturated rings. The first-order valence-corrected chi connectivity index (χ1v) is 6.28. The number of nitrogens with zero attached hydrogens (tertiary/aromatic N) is 2. The lowest BCUT2D eigenvalue weighted by atomic mass is 10.2. The van der Waals surface area contributed by atoms with Crippen molar-refractivity contribution in [1.82, 2.24) is 15.0 Å². The Bertz CT molecular complexity index is 841. The van der Waals surface area contributed by atoms with Gasteiger partial charge in [-0.05, 0) is 24.3 Å². The Kier molecular flexibility index (Phi) is 3.42. The Morgan fingerprint density at radius 2 is 2.05 bits per heavy atom. The first-order chi connectivity index (χ1) is 10.3. The zero-order valence-corrected chi connectivity index (χ0v) is 10.9. The van der Waals surface area contributed by atoms with Gasteiger partial charge in [0.1, 0.15) is 23.9 Å². The largest absolute Gasteiger partial charge is 0.484 e. The van der Waals surface area contributed by atoms with Gasteiger partial charge in [-0.1, -0.05) is 12.1 Å². The lowest BCUT2D eigenvalue weighted by molar-refractivity contribution is 0.111. The summed E-state index contributed by atoms with van der Waals surface area (Å²) in [5.74, 6) is 0.926. The fourth-order valence-corrected chi connectivity index (χ4v) is 1.90. The summed E-state index contributed by atoms with van der Waals surface area (Å²) in [6.45, 7) is 0.113. The molecule has 3 rings (SSSR count). The van der Waals surface area contributed by atoms with Crippen molar-refractivity contribution in [2.75, 3.05) is 0 Å². The van der Waals surface area contributed by atoms with Crippen molar-refractivity contribution < 1.29 is 9.53 Å². The van der Waals surface area contributed by atoms with Crippen molar-refractivity contribution in [3.63, 3.8) is 0 Å². The highest BCUT2D eigenvalue weighted by Crippen LogP contribution is 2.11. The van der Waals surface area contributed by atoms with Crippen LogP contribution in [0.4, 0.5) is 0 Å². The summed E-state index contributed by atoms with van der Waals surface area (Å²) in [6, 6.07) is 10.3. The Balaban J connectivity index is 1.81. The number of rotatable bonds is 4. The number of H-pyrrole nitrogens is 1. The highest BCUT2D eigenvalue weighted by atomic mass is 16.5. The van der Waals surface area contributed by atoms with Gasteiger partial charge in [0, 0.05) is 0 Å². The van der Waals surface area contributed by atoms with Crippen molar-refractivity contribution in [2.45, 2.75) is 6.61 Å². The van der Waals surface area contributed by atoms with Gasteiger partial charge in [0.05, 0.1) is 17.1 Å². The molecular formula is C15H11N3O3. The normalized spacial score (nSPS) is 10.5. The van der Waals surface area contributed by atoms with E-state index in [2.05, 4.69) is 15.0 Å². The zero-order valence-electron chi connectivity index (χ0n) is 10.9. The van der Waals surface area contributed by atoms with Gasteiger partial charge < -0.3 is 9.72 Å². The summed E-state index contributed by atoms with van der Waals surface area (Å²) in [4.78, 5) is 33.3. The summed E-state index contributed by atoms with van der Waals surface area (Å²) in [6.07, 6.45) is 2.11. The lowest BCUT2D eigenvalue weighted by Gasteiger charge is -2.06. The van der Waals surface area contributed by atoms with E-state index in [1.54, 1.807) is 30.3 Å². The van der Waals surface area contributed by atoms with Crippen LogP contribution < -0.4 is 10.3 Å². The second-order valence-electron chi connectivity index (χ2n) is 4.36. The zero-order chi connectivity index (χ0) is 14.7. The van der Waals surface area contributed by atoms with E-state index in [0.29, 0.717) is 34.5 Å². The van der Waals surface area contributed by atoms with Gasteiger partial charge in [0.2, 0.25) is 0 Å². The fourth-order valence-electron chi connectivity index (χ4n) is 1.90. The third-order valence-corrected chi connectivity index (χ3v) is 2.92. The van der Waals surface area contributed by atoms with Crippen molar-refractivity contribution >= 4 is 17.2 Å². The molecule has 0 atom stereocenters. The Morgan fingerprint density at radius 1 is 1.19 bits per heavy atom. The molecule has 0 amide bonds. The molecule has 0 unspecified atom stereocenters. The van der Waals surface area contributed by atoms with Gasteiger partial charge in [-0.25, -0.2) is 9.97 Å². The Hall–Kier alpha value is -3.02. The summed E-state index contributed by atoms with van der Waals surface area (Å²) in [7, 11) is 0. The molecule has 2 aromatic heterocycles. The second kappa shape index (κ2) is 5.54. The van der Waals surface area contributed by atoms with Crippen LogP contribution in [0.3, 0.4) is 0 Å². The summed E-state index contributed by atoms with van der Waals surface area (Å²) >= 11 is 0. The minimum atomic E-state index is -0.200. The predicted molar refractivity (Wildman–Crippen MR) is 76.3 cm³/mol. The SMILES string of the molecule is O=Cc1ccc(OCc2nc3ccccc3c(=O)[nH]2)cn1. The van der Waals surface area contributed by atoms with Crippen LogP contribution in [0.5, 0.6) is 5.75 Å². The number of ether oxygens (including phenoxy) is 1. The standard InChI is InChI=1S/C15H11N3O3/c19-8-10-5-6-11(7-16-10)21-9-14-17-13-4-2-1-3-12(13)15(20)18-14/h1-8H,9H2,(H,17,18,20). The number of carbonyl (C=O) groups is 1. The maximum absolute atomic E-state index is 11.9. The number of hydrogen-bond donors (Lipinski definition) is 1. The molecule has 3 aromatic rings. The molecule has 0 aliphatic carbocycles. The molecule has 0 saturated carbocycles. The maximum atomic E-state index is 11.9. The predicted octanol–water partition coefficient (Wildman–Crippen LogP) is 1.71. The van der Waals surface area contributed by atoms with E-state index in [1.165, 1.54) is 6.20 Å². The van der Waals surface area contributed by atoms with E-state index < -0.39 is 0 Å². The summed E-state index contributed by atoms with van der Waals surface area (Å²) in [5, 5.41) is 0.540. The third-order valence-electron chi connectivity index (χ3n) is 2.92. The number of fused-ring (bicyclic) bond motifs is 1. The molecule has 104 valence electrons.